The number of carbonyl (C=O) groups is 1. The molecule has 0 fully saturated rings. The maximum atomic E-state index is 13.7. The van der Waals surface area contributed by atoms with Crippen molar-refractivity contribution in [1.82, 2.24) is 0 Å². The van der Waals surface area contributed by atoms with Crippen molar-refractivity contribution in [2.45, 2.75) is 6.92 Å². The summed E-state index contributed by atoms with van der Waals surface area (Å²) in [5.74, 6) is -0.217. The number of halogens is 1. The molecule has 0 aliphatic heterocycles. The smallest absolute Gasteiger partial charge is 0.299 e. The Hall–Kier alpha value is -4.18. The summed E-state index contributed by atoms with van der Waals surface area (Å²) in [6.45, 7) is 9.11. The van der Waals surface area contributed by atoms with Gasteiger partial charge in [0.05, 0.1) is 135 Å². The van der Waals surface area contributed by atoms with Crippen LogP contribution >= 0.6 is 0 Å². The molecule has 0 aromatic heterocycles. The number of hydrogen-bond acceptors (Lipinski definition) is 16. The van der Waals surface area contributed by atoms with E-state index >= 15 is 0 Å². The Morgan fingerprint density at radius 1 is 0.618 bits per heavy atom. The van der Waals surface area contributed by atoms with Gasteiger partial charge < -0.3 is 52.7 Å². The van der Waals surface area contributed by atoms with E-state index in [4.69, 9.17) is 47.4 Å². The largest absolute Gasteiger partial charge is 0.491 e. The third-order valence-corrected chi connectivity index (χ3v) is 6.83. The molecule has 1 N–H and O–H groups in total. The molecule has 0 aliphatic carbocycles. The second-order valence-electron chi connectivity index (χ2n) is 11.2. The Morgan fingerprint density at radius 3 is 1.47 bits per heavy atom. The van der Waals surface area contributed by atoms with Crippen molar-refractivity contribution in [1.29, 1.82) is 0 Å². The first-order valence-electron chi connectivity index (χ1n) is 17.7. The van der Waals surface area contributed by atoms with Gasteiger partial charge in [0.25, 0.3) is 11.4 Å². The molecule has 2 aromatic rings. The van der Waals surface area contributed by atoms with Crippen LogP contribution in [0.4, 0.5) is 21.5 Å². The zero-order valence-corrected chi connectivity index (χ0v) is 31.2. The van der Waals surface area contributed by atoms with E-state index < -0.39 is 15.7 Å². The number of nitrogens with one attached hydrogen (secondary N) is 1. The van der Waals surface area contributed by atoms with Crippen LogP contribution < -0.4 is 10.1 Å². The van der Waals surface area contributed by atoms with Crippen molar-refractivity contribution in [3.05, 3.63) is 74.1 Å². The molecule has 0 unspecified atom stereocenters. The maximum absolute atomic E-state index is 13.7. The van der Waals surface area contributed by atoms with Crippen LogP contribution in [-0.4, -0.2) is 148 Å². The van der Waals surface area contributed by atoms with Crippen LogP contribution in [0.5, 0.6) is 5.75 Å². The average molecular weight is 786 g/mol. The normalized spacial score (nSPS) is 11.3. The van der Waals surface area contributed by atoms with Crippen LogP contribution in [-0.2, 0) is 47.4 Å². The number of ketones is 1. The van der Waals surface area contributed by atoms with Gasteiger partial charge in [-0.3, -0.25) is 25.0 Å². The van der Waals surface area contributed by atoms with E-state index in [0.717, 1.165) is 6.07 Å². The van der Waals surface area contributed by atoms with Crippen molar-refractivity contribution in [2.75, 3.05) is 137 Å². The van der Waals surface area contributed by atoms with Gasteiger partial charge in [-0.25, -0.2) is 4.39 Å². The number of nitrogens with zero attached hydrogens (tertiary/aromatic N) is 2. The minimum atomic E-state index is -0.687. The summed E-state index contributed by atoms with van der Waals surface area (Å²) >= 11 is 0. The Morgan fingerprint density at radius 2 is 1.05 bits per heavy atom. The molecule has 308 valence electrons. The lowest BCUT2D eigenvalue weighted by molar-refractivity contribution is -0.393. The van der Waals surface area contributed by atoms with Crippen LogP contribution in [0.1, 0.15) is 12.5 Å². The summed E-state index contributed by atoms with van der Waals surface area (Å²) in [7, 11) is 0. The number of hydrogen-bond donors (Lipinski definition) is 1. The molecular weight excluding hydrogens is 733 g/mol. The summed E-state index contributed by atoms with van der Waals surface area (Å²) in [5.41, 5.74) is -0.00919. The molecule has 0 amide bonds. The number of anilines is 1. The van der Waals surface area contributed by atoms with Crippen LogP contribution in [0.3, 0.4) is 0 Å². The molecule has 0 spiro atoms. The second kappa shape index (κ2) is 31.1. The van der Waals surface area contributed by atoms with E-state index in [1.54, 1.807) is 6.07 Å². The molecule has 2 aromatic carbocycles. The van der Waals surface area contributed by atoms with Crippen LogP contribution in [0, 0.1) is 26.0 Å². The molecular formula is C36H52FN3O15. The zero-order valence-electron chi connectivity index (χ0n) is 31.2. The lowest BCUT2D eigenvalue weighted by Gasteiger charge is -2.09. The molecule has 55 heavy (non-hydrogen) atoms. The van der Waals surface area contributed by atoms with Gasteiger partial charge in [0, 0.05) is 18.7 Å². The van der Waals surface area contributed by atoms with Gasteiger partial charge in [-0.2, -0.15) is 0 Å². The van der Waals surface area contributed by atoms with Crippen molar-refractivity contribution < 1.29 is 66.4 Å². The first kappa shape index (κ1) is 47.0. The highest BCUT2D eigenvalue weighted by Gasteiger charge is 2.19. The number of ether oxygens (including phenoxy) is 10. The van der Waals surface area contributed by atoms with Crippen molar-refractivity contribution in [3.63, 3.8) is 0 Å². The number of rotatable bonds is 36. The lowest BCUT2D eigenvalue weighted by Crippen LogP contribution is -2.16. The predicted molar refractivity (Wildman–Crippen MR) is 197 cm³/mol. The van der Waals surface area contributed by atoms with Crippen LogP contribution in [0.25, 0.3) is 6.08 Å². The molecule has 18 nitrogen and oxygen atoms in total. The number of carbonyl (C=O) groups excluding carboxylic acids is 1. The van der Waals surface area contributed by atoms with Crippen LogP contribution in [0.15, 0.2) is 42.5 Å². The van der Waals surface area contributed by atoms with E-state index in [9.17, 15) is 29.4 Å². The molecule has 0 aliphatic rings. The van der Waals surface area contributed by atoms with Crippen molar-refractivity contribution in [2.24, 2.45) is 0 Å². The molecule has 0 saturated carbocycles. The predicted octanol–water partition coefficient (Wildman–Crippen LogP) is 3.88. The summed E-state index contributed by atoms with van der Waals surface area (Å²) in [6, 6.07) is 7.65. The van der Waals surface area contributed by atoms with E-state index in [1.807, 2.05) is 0 Å². The molecule has 2 rings (SSSR count). The molecule has 0 atom stereocenters. The molecule has 0 saturated heterocycles. The van der Waals surface area contributed by atoms with Gasteiger partial charge in [-0.1, -0.05) is 6.08 Å². The zero-order chi connectivity index (χ0) is 39.8. The third kappa shape index (κ3) is 24.8. The lowest BCUT2D eigenvalue weighted by atomic mass is 10.2. The molecule has 0 bridgehead atoms. The second-order valence-corrected chi connectivity index (χ2v) is 11.2. The monoisotopic (exact) mass is 785 g/mol. The van der Waals surface area contributed by atoms with Crippen molar-refractivity contribution >= 4 is 28.9 Å². The minimum absolute atomic E-state index is 0.126. The maximum Gasteiger partial charge on any atom is 0.299 e. The highest BCUT2D eigenvalue weighted by Crippen LogP contribution is 2.28. The van der Waals surface area contributed by atoms with E-state index in [2.05, 4.69) is 5.32 Å². The first-order chi connectivity index (χ1) is 26.8. The number of non-ortho nitro benzene ring substituents is 1. The standard InChI is InChI=1S/C36H52FN3O15/c1-30(41)2-3-31-26-32(37)28-34(27-31)55-25-24-54-23-22-53-21-20-52-19-18-51-17-16-50-15-14-49-13-12-48-11-10-47-9-8-46-7-6-38-35-5-4-33(39(42)43)29-36(35)40(44)45/h2-5,26-29,38H,6-25H2,1H3/b3-2+. The fourth-order valence-electron chi connectivity index (χ4n) is 4.25. The highest BCUT2D eigenvalue weighted by molar-refractivity contribution is 5.91. The van der Waals surface area contributed by atoms with Gasteiger partial charge in [0.1, 0.15) is 23.9 Å². The van der Waals surface area contributed by atoms with Gasteiger partial charge in [-0.15, -0.1) is 0 Å². The van der Waals surface area contributed by atoms with Crippen LogP contribution in [0.2, 0.25) is 0 Å². The van der Waals surface area contributed by atoms with Crippen molar-refractivity contribution in [3.8, 4) is 5.75 Å². The summed E-state index contributed by atoms with van der Waals surface area (Å²) in [6.07, 6.45) is 2.90. The molecule has 0 radical (unpaired) electrons. The minimum Gasteiger partial charge on any atom is -0.491 e. The number of nitro groups is 2. The summed E-state index contributed by atoms with van der Waals surface area (Å²) < 4.78 is 68.3. The van der Waals surface area contributed by atoms with Gasteiger partial charge in [0.15, 0.2) is 5.78 Å². The highest BCUT2D eigenvalue weighted by atomic mass is 19.1. The average Bonchev–Trinajstić information content (AvgIpc) is 3.15. The third-order valence-electron chi connectivity index (χ3n) is 6.83. The van der Waals surface area contributed by atoms with E-state index in [-0.39, 0.29) is 42.6 Å². The number of nitro benzene ring substituents is 2. The SMILES string of the molecule is CC(=O)/C=C/c1cc(F)cc(OCCOCCOCCOCCOCCOCCOCCOCCOCCOCCNc2ccc([N+](=O)[O-])cc2[N+](=O)[O-])c1. The van der Waals surface area contributed by atoms with E-state index in [1.165, 1.54) is 43.3 Å². The van der Waals surface area contributed by atoms with E-state index in [0.29, 0.717) is 124 Å². The summed E-state index contributed by atoms with van der Waals surface area (Å²) in [4.78, 5) is 31.7. The topological polar surface area (TPSA) is 208 Å². The number of allylic oxidation sites excluding steroid dienone is 1. The fourth-order valence-corrected chi connectivity index (χ4v) is 4.25. The number of benzene rings is 2. The Bertz CT molecular complexity index is 1400. The quantitative estimate of drug-likeness (QED) is 0.0450. The Kier molecular flexibility index (Phi) is 26.5. The van der Waals surface area contributed by atoms with Gasteiger partial charge in [0.2, 0.25) is 0 Å². The fraction of sp³-hybridized carbons (Fsp3) is 0.583. The first-order valence-corrected chi connectivity index (χ1v) is 17.7. The summed E-state index contributed by atoms with van der Waals surface area (Å²) in [5, 5.41) is 24.8. The van der Waals surface area contributed by atoms with Gasteiger partial charge in [-0.05, 0) is 36.8 Å². The van der Waals surface area contributed by atoms with Gasteiger partial charge >= 0.3 is 0 Å². The molecule has 19 heteroatoms. The Labute approximate surface area is 319 Å². The Balaban J connectivity index is 1.24. The molecule has 0 heterocycles.